The third-order valence-electron chi connectivity index (χ3n) is 6.16. The van der Waals surface area contributed by atoms with Crippen molar-refractivity contribution in [2.45, 2.75) is 27.3 Å². The number of carbonyl (C=O) groups excluding carboxylic acids is 4. The minimum atomic E-state index is -0.816. The largest absolute Gasteiger partial charge is 0.465 e. The third kappa shape index (κ3) is 5.41. The van der Waals surface area contributed by atoms with Crippen LogP contribution in [0.5, 0.6) is 0 Å². The lowest BCUT2D eigenvalue weighted by molar-refractivity contribution is -0.137. The van der Waals surface area contributed by atoms with Gasteiger partial charge in [0.05, 0.1) is 19.4 Å². The van der Waals surface area contributed by atoms with Crippen molar-refractivity contribution in [3.05, 3.63) is 100 Å². The molecular weight excluding hydrogens is 486 g/mol. The summed E-state index contributed by atoms with van der Waals surface area (Å²) in [5, 5.41) is 5.09. The van der Waals surface area contributed by atoms with Crippen molar-refractivity contribution in [2.24, 2.45) is 0 Å². The Morgan fingerprint density at radius 2 is 1.68 bits per heavy atom. The summed E-state index contributed by atoms with van der Waals surface area (Å²) in [6.45, 7) is 5.51. The Morgan fingerprint density at radius 3 is 2.37 bits per heavy atom. The number of hydrogen-bond donors (Lipinski definition) is 2. The SMILES string of the molecule is COC(=O)C1=C(C)N(c2ccccc2)/C(=C/c2ccc(CNC(=O)C(=O)Nc3ccc(C)c(C)c3)o2)C1=O. The smallest absolute Gasteiger partial charge is 0.343 e. The molecule has 3 aromatic rings. The molecule has 194 valence electrons. The predicted molar refractivity (Wildman–Crippen MR) is 142 cm³/mol. The summed E-state index contributed by atoms with van der Waals surface area (Å²) in [5.74, 6) is -2.13. The third-order valence-corrected chi connectivity index (χ3v) is 6.16. The minimum absolute atomic E-state index is 0.0383. The molecule has 0 radical (unpaired) electrons. The van der Waals surface area contributed by atoms with Gasteiger partial charge in [0, 0.05) is 23.1 Å². The molecule has 4 rings (SSSR count). The molecule has 0 spiro atoms. The number of nitrogens with zero attached hydrogens (tertiary/aromatic N) is 1. The molecule has 2 aromatic carbocycles. The molecule has 0 unspecified atom stereocenters. The van der Waals surface area contributed by atoms with Gasteiger partial charge in [-0.25, -0.2) is 4.79 Å². The lowest BCUT2D eigenvalue weighted by Crippen LogP contribution is -2.34. The van der Waals surface area contributed by atoms with Crippen molar-refractivity contribution in [1.82, 2.24) is 5.32 Å². The first-order chi connectivity index (χ1) is 18.2. The van der Waals surface area contributed by atoms with Gasteiger partial charge in [-0.2, -0.15) is 0 Å². The summed E-state index contributed by atoms with van der Waals surface area (Å²) < 4.78 is 10.6. The fourth-order valence-corrected chi connectivity index (χ4v) is 4.03. The average molecular weight is 514 g/mol. The lowest BCUT2D eigenvalue weighted by atomic mass is 10.1. The first-order valence-electron chi connectivity index (χ1n) is 11.9. The predicted octanol–water partition coefficient (Wildman–Crippen LogP) is 4.03. The Hall–Kier alpha value is -4.92. The van der Waals surface area contributed by atoms with E-state index in [1.807, 2.05) is 50.2 Å². The normalized spacial score (nSPS) is 14.2. The van der Waals surface area contributed by atoms with E-state index < -0.39 is 23.6 Å². The van der Waals surface area contributed by atoms with Crippen LogP contribution in [0.4, 0.5) is 11.4 Å². The topological polar surface area (TPSA) is 118 Å². The summed E-state index contributed by atoms with van der Waals surface area (Å²) in [6, 6.07) is 17.8. The molecule has 0 saturated carbocycles. The highest BCUT2D eigenvalue weighted by Crippen LogP contribution is 2.35. The van der Waals surface area contributed by atoms with Crippen LogP contribution in [0, 0.1) is 13.8 Å². The number of ketones is 1. The molecule has 0 fully saturated rings. The highest BCUT2D eigenvalue weighted by Gasteiger charge is 2.38. The minimum Gasteiger partial charge on any atom is -0.465 e. The van der Waals surface area contributed by atoms with Gasteiger partial charge in [-0.05, 0) is 68.3 Å². The molecule has 0 aliphatic carbocycles. The highest BCUT2D eigenvalue weighted by atomic mass is 16.5. The average Bonchev–Trinajstić information content (AvgIpc) is 3.46. The van der Waals surface area contributed by atoms with E-state index in [2.05, 4.69) is 10.6 Å². The summed E-state index contributed by atoms with van der Waals surface area (Å²) >= 11 is 0. The van der Waals surface area contributed by atoms with Gasteiger partial charge in [0.1, 0.15) is 17.1 Å². The van der Waals surface area contributed by atoms with E-state index in [0.717, 1.165) is 11.1 Å². The van der Waals surface area contributed by atoms with Crippen LogP contribution in [0.3, 0.4) is 0 Å². The quantitative estimate of drug-likeness (QED) is 0.221. The van der Waals surface area contributed by atoms with Crippen molar-refractivity contribution in [3.8, 4) is 0 Å². The molecule has 1 aromatic heterocycles. The zero-order valence-corrected chi connectivity index (χ0v) is 21.5. The molecule has 0 bridgehead atoms. The van der Waals surface area contributed by atoms with E-state index in [0.29, 0.717) is 28.6 Å². The number of ether oxygens (including phenoxy) is 1. The number of methoxy groups -OCH3 is 1. The monoisotopic (exact) mass is 513 g/mol. The maximum Gasteiger partial charge on any atom is 0.343 e. The van der Waals surface area contributed by atoms with E-state index in [-0.39, 0.29) is 17.8 Å². The standard InChI is InChI=1S/C29H27N3O6/c1-17-10-11-20(14-18(17)2)31-28(35)27(34)30-16-23-13-12-22(38-23)15-24-26(33)25(29(36)37-4)19(3)32(24)21-8-6-5-7-9-21/h5-15H,16H2,1-4H3,(H,30,34)(H,31,35)/b24-15+. The number of esters is 1. The number of furan rings is 1. The first-order valence-corrected chi connectivity index (χ1v) is 11.9. The van der Waals surface area contributed by atoms with Crippen molar-refractivity contribution >= 4 is 41.0 Å². The number of amides is 2. The molecule has 9 nitrogen and oxygen atoms in total. The van der Waals surface area contributed by atoms with Crippen LogP contribution in [-0.2, 0) is 30.5 Å². The second kappa shape index (κ2) is 11.0. The van der Waals surface area contributed by atoms with E-state index in [4.69, 9.17) is 9.15 Å². The Bertz CT molecular complexity index is 1480. The van der Waals surface area contributed by atoms with Crippen molar-refractivity contribution in [3.63, 3.8) is 0 Å². The number of carbonyl (C=O) groups is 4. The van der Waals surface area contributed by atoms with Crippen LogP contribution in [-0.4, -0.2) is 30.7 Å². The van der Waals surface area contributed by atoms with Crippen LogP contribution >= 0.6 is 0 Å². The van der Waals surface area contributed by atoms with Gasteiger partial charge >= 0.3 is 17.8 Å². The van der Waals surface area contributed by atoms with Crippen LogP contribution in [0.1, 0.15) is 29.6 Å². The van der Waals surface area contributed by atoms with Crippen LogP contribution in [0.2, 0.25) is 0 Å². The number of aryl methyl sites for hydroxylation is 2. The zero-order valence-electron chi connectivity index (χ0n) is 21.5. The number of Topliss-reactive ketones (excluding diaryl/α,β-unsaturated/α-hetero) is 1. The van der Waals surface area contributed by atoms with Gasteiger partial charge in [-0.3, -0.25) is 14.4 Å². The van der Waals surface area contributed by atoms with E-state index in [9.17, 15) is 19.2 Å². The van der Waals surface area contributed by atoms with Gasteiger partial charge in [0.2, 0.25) is 5.78 Å². The van der Waals surface area contributed by atoms with Crippen LogP contribution in [0.25, 0.3) is 6.08 Å². The second-order valence-corrected chi connectivity index (χ2v) is 8.72. The van der Waals surface area contributed by atoms with Gasteiger partial charge in [-0.15, -0.1) is 0 Å². The fourth-order valence-electron chi connectivity index (χ4n) is 4.03. The number of allylic oxidation sites excluding steroid dienone is 2. The molecule has 1 aliphatic heterocycles. The molecule has 0 atom stereocenters. The van der Waals surface area contributed by atoms with Crippen molar-refractivity contribution < 1.29 is 28.3 Å². The molecule has 2 amide bonds. The summed E-state index contributed by atoms with van der Waals surface area (Å²) in [6.07, 6.45) is 1.52. The van der Waals surface area contributed by atoms with Gasteiger partial charge < -0.3 is 24.7 Å². The van der Waals surface area contributed by atoms with Gasteiger partial charge in [0.25, 0.3) is 0 Å². The number of nitrogens with one attached hydrogen (secondary N) is 2. The molecule has 9 heteroatoms. The Kier molecular flexibility index (Phi) is 7.57. The molecule has 38 heavy (non-hydrogen) atoms. The van der Waals surface area contributed by atoms with E-state index >= 15 is 0 Å². The second-order valence-electron chi connectivity index (χ2n) is 8.72. The Morgan fingerprint density at radius 1 is 0.947 bits per heavy atom. The molecule has 1 aliphatic rings. The van der Waals surface area contributed by atoms with Crippen molar-refractivity contribution in [2.75, 3.05) is 17.3 Å². The van der Waals surface area contributed by atoms with Gasteiger partial charge in [0.15, 0.2) is 0 Å². The Balaban J connectivity index is 1.48. The van der Waals surface area contributed by atoms with Crippen molar-refractivity contribution in [1.29, 1.82) is 0 Å². The maximum absolute atomic E-state index is 13.2. The van der Waals surface area contributed by atoms with Crippen LogP contribution in [0.15, 0.2) is 82.0 Å². The Labute approximate surface area is 219 Å². The molecule has 2 heterocycles. The van der Waals surface area contributed by atoms with Gasteiger partial charge in [-0.1, -0.05) is 24.3 Å². The number of hydrogen-bond acceptors (Lipinski definition) is 7. The highest BCUT2D eigenvalue weighted by molar-refractivity contribution is 6.39. The molecule has 0 saturated heterocycles. The summed E-state index contributed by atoms with van der Waals surface area (Å²) in [5.41, 5.74) is 3.89. The lowest BCUT2D eigenvalue weighted by Gasteiger charge is -2.21. The number of anilines is 2. The zero-order chi connectivity index (χ0) is 27.4. The first kappa shape index (κ1) is 26.2. The van der Waals surface area contributed by atoms with Crippen LogP contribution < -0.4 is 15.5 Å². The van der Waals surface area contributed by atoms with E-state index in [1.54, 1.807) is 36.1 Å². The number of para-hydroxylation sites is 1. The molecular formula is C29H27N3O6. The number of benzene rings is 2. The molecule has 2 N–H and O–H groups in total. The number of rotatable bonds is 6. The fraction of sp³-hybridized carbons (Fsp3) is 0.172. The summed E-state index contributed by atoms with van der Waals surface area (Å²) in [4.78, 5) is 51.7. The van der Waals surface area contributed by atoms with E-state index in [1.165, 1.54) is 13.2 Å². The summed E-state index contributed by atoms with van der Waals surface area (Å²) in [7, 11) is 1.22. The maximum atomic E-state index is 13.2.